The van der Waals surface area contributed by atoms with Gasteiger partial charge in [-0.2, -0.15) is 5.26 Å². The van der Waals surface area contributed by atoms with Crippen molar-refractivity contribution < 1.29 is 19.2 Å². The molecule has 0 saturated heterocycles. The zero-order valence-electron chi connectivity index (χ0n) is 16.0. The van der Waals surface area contributed by atoms with Crippen LogP contribution in [0.2, 0.25) is 0 Å². The third-order valence-corrected chi connectivity index (χ3v) is 4.44. The first-order valence-electron chi connectivity index (χ1n) is 8.34. The minimum Gasteiger partial charge on any atom is -0.493 e. The van der Waals surface area contributed by atoms with Gasteiger partial charge in [-0.3, -0.25) is 14.9 Å². The Morgan fingerprint density at radius 3 is 2.48 bits per heavy atom. The van der Waals surface area contributed by atoms with Gasteiger partial charge in [0, 0.05) is 26.2 Å². The number of non-ortho nitro benzene ring substituents is 1. The number of benzene rings is 2. The number of nitro groups is 1. The summed E-state index contributed by atoms with van der Waals surface area (Å²) in [6.07, 6.45) is 1.47. The molecule has 0 bridgehead atoms. The van der Waals surface area contributed by atoms with Crippen molar-refractivity contribution >= 4 is 33.6 Å². The van der Waals surface area contributed by atoms with Gasteiger partial charge in [-0.15, -0.1) is 0 Å². The molecule has 2 aromatic carbocycles. The molecule has 0 heterocycles. The number of nitrogens with zero attached hydrogens (tertiary/aromatic N) is 3. The van der Waals surface area contributed by atoms with Crippen LogP contribution < -0.4 is 9.47 Å². The van der Waals surface area contributed by atoms with E-state index < -0.39 is 10.8 Å². The van der Waals surface area contributed by atoms with Crippen LogP contribution in [0.1, 0.15) is 11.1 Å². The summed E-state index contributed by atoms with van der Waals surface area (Å²) in [5.41, 5.74) is 1.33. The van der Waals surface area contributed by atoms with Gasteiger partial charge in [0.25, 0.3) is 11.6 Å². The average Bonchev–Trinajstić information content (AvgIpc) is 2.70. The lowest BCUT2D eigenvalue weighted by atomic mass is 10.1. The van der Waals surface area contributed by atoms with Crippen LogP contribution in [0.5, 0.6) is 11.5 Å². The van der Waals surface area contributed by atoms with Gasteiger partial charge in [-0.1, -0.05) is 0 Å². The highest BCUT2D eigenvalue weighted by Crippen LogP contribution is 2.37. The molecular weight excluding hydrogens is 442 g/mol. The first-order valence-corrected chi connectivity index (χ1v) is 9.13. The number of likely N-dealkylation sites (N-methyl/N-ethyl adjacent to an activating group) is 1. The zero-order valence-corrected chi connectivity index (χ0v) is 17.6. The fourth-order valence-electron chi connectivity index (χ4n) is 2.38. The molecule has 0 radical (unpaired) electrons. The lowest BCUT2D eigenvalue weighted by Gasteiger charge is -2.14. The molecule has 0 saturated carbocycles. The first-order chi connectivity index (χ1) is 13.8. The lowest BCUT2D eigenvalue weighted by Crippen LogP contribution is -2.22. The van der Waals surface area contributed by atoms with Crippen LogP contribution in [0, 0.1) is 21.4 Å². The number of carbonyl (C=O) groups excluding carboxylic acids is 1. The number of carbonyl (C=O) groups is 1. The van der Waals surface area contributed by atoms with E-state index in [-0.39, 0.29) is 17.9 Å². The van der Waals surface area contributed by atoms with E-state index in [0.717, 1.165) is 5.56 Å². The highest BCUT2D eigenvalue weighted by Gasteiger charge is 2.15. The summed E-state index contributed by atoms with van der Waals surface area (Å²) >= 11 is 3.42. The molecule has 0 unspecified atom stereocenters. The molecule has 0 aliphatic heterocycles. The van der Waals surface area contributed by atoms with E-state index in [1.54, 1.807) is 38.4 Å². The Labute approximate surface area is 176 Å². The predicted molar refractivity (Wildman–Crippen MR) is 110 cm³/mol. The van der Waals surface area contributed by atoms with Gasteiger partial charge in [0.15, 0.2) is 11.5 Å². The fourth-order valence-corrected chi connectivity index (χ4v) is 2.96. The van der Waals surface area contributed by atoms with Crippen LogP contribution in [0.25, 0.3) is 6.08 Å². The number of amides is 1. The summed E-state index contributed by atoms with van der Waals surface area (Å²) < 4.78 is 11.8. The van der Waals surface area contributed by atoms with Crippen molar-refractivity contribution in [2.75, 3.05) is 21.2 Å². The quantitative estimate of drug-likeness (QED) is 0.268. The van der Waals surface area contributed by atoms with Gasteiger partial charge < -0.3 is 14.4 Å². The minimum atomic E-state index is -0.465. The van der Waals surface area contributed by atoms with E-state index in [9.17, 15) is 20.2 Å². The number of halogens is 1. The predicted octanol–water partition coefficient (Wildman–Crippen LogP) is 3.94. The van der Waals surface area contributed by atoms with Crippen LogP contribution in [0.4, 0.5) is 5.69 Å². The van der Waals surface area contributed by atoms with Gasteiger partial charge in [-0.25, -0.2) is 0 Å². The minimum absolute atomic E-state index is 0.00391. The average molecular weight is 460 g/mol. The third-order valence-electron chi connectivity index (χ3n) is 3.85. The number of rotatable bonds is 7. The van der Waals surface area contributed by atoms with Crippen molar-refractivity contribution in [1.29, 1.82) is 5.26 Å². The maximum atomic E-state index is 12.0. The summed E-state index contributed by atoms with van der Waals surface area (Å²) in [5.74, 6) is 0.434. The van der Waals surface area contributed by atoms with Crippen molar-refractivity contribution in [3.63, 3.8) is 0 Å². The Hall–Kier alpha value is -3.38. The largest absolute Gasteiger partial charge is 0.493 e. The summed E-state index contributed by atoms with van der Waals surface area (Å²) in [7, 11) is 4.61. The van der Waals surface area contributed by atoms with E-state index >= 15 is 0 Å². The molecule has 8 nitrogen and oxygen atoms in total. The third kappa shape index (κ3) is 5.56. The number of ether oxygens (including phenoxy) is 2. The molecule has 0 spiro atoms. The molecule has 0 aromatic heterocycles. The van der Waals surface area contributed by atoms with Gasteiger partial charge >= 0.3 is 0 Å². The van der Waals surface area contributed by atoms with Crippen molar-refractivity contribution in [3.05, 3.63) is 67.7 Å². The Kier molecular flexibility index (Phi) is 7.33. The fraction of sp³-hybridized carbons (Fsp3) is 0.200. The molecule has 0 aliphatic carbocycles. The molecule has 9 heteroatoms. The highest BCUT2D eigenvalue weighted by atomic mass is 79.9. The first kappa shape index (κ1) is 21.9. The number of hydrogen-bond donors (Lipinski definition) is 0. The molecule has 2 rings (SSSR count). The van der Waals surface area contributed by atoms with Crippen LogP contribution in [0.3, 0.4) is 0 Å². The Bertz CT molecular complexity index is 994. The van der Waals surface area contributed by atoms with E-state index in [1.807, 2.05) is 6.07 Å². The van der Waals surface area contributed by atoms with Gasteiger partial charge in [0.2, 0.25) is 0 Å². The van der Waals surface area contributed by atoms with Gasteiger partial charge in [-0.05, 0) is 57.4 Å². The molecule has 150 valence electrons. The SMILES string of the molecule is COc1cc(/C=C(/C#N)C(=O)N(C)C)cc(Br)c1OCc1ccc([N+](=O)[O-])cc1. The van der Waals surface area contributed by atoms with Crippen molar-refractivity contribution in [2.24, 2.45) is 0 Å². The second-order valence-electron chi connectivity index (χ2n) is 6.12. The summed E-state index contributed by atoms with van der Waals surface area (Å²) in [5, 5.41) is 20.0. The van der Waals surface area contributed by atoms with Gasteiger partial charge in [0.1, 0.15) is 18.2 Å². The zero-order chi connectivity index (χ0) is 21.6. The van der Waals surface area contributed by atoms with E-state index in [0.29, 0.717) is 21.5 Å². The number of nitriles is 1. The molecule has 0 fully saturated rings. The van der Waals surface area contributed by atoms with Crippen LogP contribution in [-0.4, -0.2) is 36.9 Å². The smallest absolute Gasteiger partial charge is 0.269 e. The Morgan fingerprint density at radius 1 is 1.31 bits per heavy atom. The molecule has 29 heavy (non-hydrogen) atoms. The Balaban J connectivity index is 2.27. The van der Waals surface area contributed by atoms with Crippen LogP contribution in [0.15, 0.2) is 46.4 Å². The molecule has 1 amide bonds. The molecule has 0 atom stereocenters. The second kappa shape index (κ2) is 9.71. The van der Waals surface area contributed by atoms with E-state index in [4.69, 9.17) is 9.47 Å². The molecule has 0 aliphatic rings. The summed E-state index contributed by atoms with van der Waals surface area (Å²) in [6, 6.07) is 11.3. The highest BCUT2D eigenvalue weighted by molar-refractivity contribution is 9.10. The monoisotopic (exact) mass is 459 g/mol. The Morgan fingerprint density at radius 2 is 1.97 bits per heavy atom. The van der Waals surface area contributed by atoms with Crippen molar-refractivity contribution in [3.8, 4) is 17.6 Å². The molecular formula is C20H18BrN3O5. The number of hydrogen-bond acceptors (Lipinski definition) is 6. The molecule has 2 aromatic rings. The number of methoxy groups -OCH3 is 1. The summed E-state index contributed by atoms with van der Waals surface area (Å²) in [6.45, 7) is 0.171. The van der Waals surface area contributed by atoms with Crippen LogP contribution >= 0.6 is 15.9 Å². The van der Waals surface area contributed by atoms with Crippen molar-refractivity contribution in [2.45, 2.75) is 6.61 Å². The van der Waals surface area contributed by atoms with E-state index in [2.05, 4.69) is 15.9 Å². The second-order valence-corrected chi connectivity index (χ2v) is 6.97. The van der Waals surface area contributed by atoms with Crippen molar-refractivity contribution in [1.82, 2.24) is 4.90 Å². The standard InChI is InChI=1S/C20H18BrN3O5/c1-23(2)20(25)15(11-22)8-14-9-17(21)19(18(10-14)28-3)29-12-13-4-6-16(7-5-13)24(26)27/h4-10H,12H2,1-3H3/b15-8-. The topological polar surface area (TPSA) is 106 Å². The summed E-state index contributed by atoms with van der Waals surface area (Å²) in [4.78, 5) is 23.6. The lowest BCUT2D eigenvalue weighted by molar-refractivity contribution is -0.384. The van der Waals surface area contributed by atoms with Gasteiger partial charge in [0.05, 0.1) is 16.5 Å². The maximum Gasteiger partial charge on any atom is 0.269 e. The van der Waals surface area contributed by atoms with E-state index in [1.165, 1.54) is 30.2 Å². The normalized spacial score (nSPS) is 10.8. The van der Waals surface area contributed by atoms with Crippen LogP contribution in [-0.2, 0) is 11.4 Å². The number of nitro benzene ring substituents is 1. The molecule has 0 N–H and O–H groups in total. The maximum absolute atomic E-state index is 12.0.